The lowest BCUT2D eigenvalue weighted by Crippen LogP contribution is -2.30. The van der Waals surface area contributed by atoms with Crippen molar-refractivity contribution in [2.75, 3.05) is 7.11 Å². The second-order valence-corrected chi connectivity index (χ2v) is 7.25. The number of carbonyl (C=O) groups is 1. The molecule has 1 saturated heterocycles. The lowest BCUT2D eigenvalue weighted by molar-refractivity contribution is -0.123. The molecule has 1 atom stereocenters. The van der Waals surface area contributed by atoms with Crippen molar-refractivity contribution in [2.45, 2.75) is 13.0 Å². The highest BCUT2D eigenvalue weighted by Gasteiger charge is 2.35. The first-order valence-corrected chi connectivity index (χ1v) is 8.92. The van der Waals surface area contributed by atoms with E-state index in [-0.39, 0.29) is 17.7 Å². The summed E-state index contributed by atoms with van der Waals surface area (Å²) in [6.07, 6.45) is 1.76. The number of methoxy groups -OCH3 is 1. The number of aromatic hydroxyl groups is 1. The van der Waals surface area contributed by atoms with E-state index >= 15 is 0 Å². The summed E-state index contributed by atoms with van der Waals surface area (Å²) in [7, 11) is 1.49. The number of carbonyl (C=O) groups excluding carboxylic acids is 1. The number of thiocarbonyl (C=S) groups is 1. The Balaban J connectivity index is 1.88. The zero-order valence-corrected chi connectivity index (χ0v) is 15.4. The highest BCUT2D eigenvalue weighted by Crippen LogP contribution is 2.38. The van der Waals surface area contributed by atoms with Gasteiger partial charge < -0.3 is 9.84 Å². The van der Waals surface area contributed by atoms with Crippen LogP contribution in [0.1, 0.15) is 24.1 Å². The summed E-state index contributed by atoms with van der Waals surface area (Å²) >= 11 is 6.70. The summed E-state index contributed by atoms with van der Waals surface area (Å²) in [6, 6.07) is 14.6. The van der Waals surface area contributed by atoms with Crippen molar-refractivity contribution < 1.29 is 14.6 Å². The van der Waals surface area contributed by atoms with Gasteiger partial charge in [-0.1, -0.05) is 60.4 Å². The van der Waals surface area contributed by atoms with Crippen molar-refractivity contribution in [3.05, 3.63) is 64.6 Å². The van der Waals surface area contributed by atoms with Crippen LogP contribution in [0.15, 0.2) is 53.4 Å². The van der Waals surface area contributed by atoms with Gasteiger partial charge >= 0.3 is 0 Å². The van der Waals surface area contributed by atoms with Crippen molar-refractivity contribution >= 4 is 40.3 Å². The summed E-state index contributed by atoms with van der Waals surface area (Å²) in [4.78, 5) is 15.0. The Hall–Kier alpha value is -2.31. The van der Waals surface area contributed by atoms with Crippen LogP contribution in [0.2, 0.25) is 0 Å². The van der Waals surface area contributed by atoms with Gasteiger partial charge in [0.25, 0.3) is 5.91 Å². The summed E-state index contributed by atoms with van der Waals surface area (Å²) in [6.45, 7) is 1.96. The van der Waals surface area contributed by atoms with Gasteiger partial charge in [-0.2, -0.15) is 0 Å². The fraction of sp³-hybridized carbons (Fsp3) is 0.158. The van der Waals surface area contributed by atoms with Gasteiger partial charge in [0.1, 0.15) is 4.32 Å². The molecule has 0 radical (unpaired) electrons. The maximum atomic E-state index is 12.8. The van der Waals surface area contributed by atoms with Crippen LogP contribution in [-0.2, 0) is 4.79 Å². The molecule has 3 rings (SSSR count). The largest absolute Gasteiger partial charge is 0.504 e. The lowest BCUT2D eigenvalue weighted by Gasteiger charge is -2.23. The van der Waals surface area contributed by atoms with Crippen LogP contribution in [0, 0.1) is 0 Å². The molecule has 1 fully saturated rings. The summed E-state index contributed by atoms with van der Waals surface area (Å²) in [5, 5.41) is 9.68. The minimum atomic E-state index is -0.131. The molecule has 1 amide bonds. The van der Waals surface area contributed by atoms with Crippen molar-refractivity contribution in [2.24, 2.45) is 0 Å². The van der Waals surface area contributed by atoms with Crippen molar-refractivity contribution in [3.8, 4) is 11.5 Å². The highest BCUT2D eigenvalue weighted by molar-refractivity contribution is 8.26. The average Bonchev–Trinajstić information content (AvgIpc) is 2.90. The van der Waals surface area contributed by atoms with Gasteiger partial charge in [0.15, 0.2) is 11.5 Å². The molecule has 0 unspecified atom stereocenters. The molecule has 128 valence electrons. The highest BCUT2D eigenvalue weighted by atomic mass is 32.2. The SMILES string of the molecule is COc1cc(/C=C2/SC(=S)N([C@H](C)c3ccccc3)C2=O)ccc1O. The summed E-state index contributed by atoms with van der Waals surface area (Å²) in [5.74, 6) is 0.310. The van der Waals surface area contributed by atoms with E-state index in [1.165, 1.54) is 24.9 Å². The van der Waals surface area contributed by atoms with Crippen molar-refractivity contribution in [1.82, 2.24) is 4.90 Å². The molecule has 2 aromatic carbocycles. The standard InChI is InChI=1S/C19H17NO3S2/c1-12(14-6-4-3-5-7-14)20-18(22)17(25-19(20)24)11-13-8-9-15(21)16(10-13)23-2/h3-12,21H,1-2H3/b17-11+/t12-/m1/s1. The first kappa shape index (κ1) is 17.5. The van der Waals surface area contributed by atoms with Crippen LogP contribution in [0.5, 0.6) is 11.5 Å². The van der Waals surface area contributed by atoms with Crippen LogP contribution < -0.4 is 4.74 Å². The molecular weight excluding hydrogens is 354 g/mol. The van der Waals surface area contributed by atoms with Gasteiger partial charge in [0.2, 0.25) is 0 Å². The molecule has 1 aliphatic rings. The molecular formula is C19H17NO3S2. The number of ether oxygens (including phenoxy) is 1. The molecule has 2 aromatic rings. The number of phenols is 1. The Labute approximate surface area is 156 Å². The molecule has 0 aliphatic carbocycles. The van der Waals surface area contributed by atoms with Crippen molar-refractivity contribution in [1.29, 1.82) is 0 Å². The predicted molar refractivity (Wildman–Crippen MR) is 105 cm³/mol. The Morgan fingerprint density at radius 1 is 1.24 bits per heavy atom. The van der Waals surface area contributed by atoms with Crippen molar-refractivity contribution in [3.63, 3.8) is 0 Å². The number of amides is 1. The van der Waals surface area contributed by atoms with Crippen LogP contribution in [0.25, 0.3) is 6.08 Å². The summed E-state index contributed by atoms with van der Waals surface area (Å²) < 4.78 is 5.65. The molecule has 0 spiro atoms. The Morgan fingerprint density at radius 3 is 2.64 bits per heavy atom. The third-order valence-corrected chi connectivity index (χ3v) is 5.32. The number of benzene rings is 2. The number of hydrogen-bond acceptors (Lipinski definition) is 5. The smallest absolute Gasteiger partial charge is 0.266 e. The number of nitrogens with zero attached hydrogens (tertiary/aromatic N) is 1. The van der Waals surface area contributed by atoms with Gasteiger partial charge in [-0.15, -0.1) is 0 Å². The normalized spacial score (nSPS) is 17.2. The number of rotatable bonds is 4. The first-order valence-electron chi connectivity index (χ1n) is 7.70. The number of thioether (sulfide) groups is 1. The van der Waals surface area contributed by atoms with E-state index in [2.05, 4.69) is 0 Å². The van der Waals surface area contributed by atoms with Gasteiger partial charge in [-0.3, -0.25) is 9.69 Å². The van der Waals surface area contributed by atoms with Crippen LogP contribution >= 0.6 is 24.0 Å². The predicted octanol–water partition coefficient (Wildman–Crippen LogP) is 4.36. The maximum Gasteiger partial charge on any atom is 0.266 e. The minimum absolute atomic E-state index is 0.0601. The Kier molecular flexibility index (Phi) is 5.11. The molecule has 0 bridgehead atoms. The Bertz CT molecular complexity index is 849. The second kappa shape index (κ2) is 7.29. The van der Waals surface area contributed by atoms with Crippen LogP contribution in [-0.4, -0.2) is 27.3 Å². The van der Waals surface area contributed by atoms with Gasteiger partial charge in [-0.25, -0.2) is 0 Å². The van der Waals surface area contributed by atoms with E-state index in [1.54, 1.807) is 23.1 Å². The van der Waals surface area contributed by atoms with Crippen LogP contribution in [0.3, 0.4) is 0 Å². The maximum absolute atomic E-state index is 12.8. The number of hydrogen-bond donors (Lipinski definition) is 1. The Morgan fingerprint density at radius 2 is 1.96 bits per heavy atom. The number of phenolic OH excluding ortho intramolecular Hbond substituents is 1. The quantitative estimate of drug-likeness (QED) is 0.639. The molecule has 0 aromatic heterocycles. The average molecular weight is 371 g/mol. The van der Waals surface area contributed by atoms with Crippen LogP contribution in [0.4, 0.5) is 0 Å². The molecule has 0 saturated carbocycles. The third kappa shape index (κ3) is 3.55. The second-order valence-electron chi connectivity index (χ2n) is 5.57. The zero-order chi connectivity index (χ0) is 18.0. The first-order chi connectivity index (χ1) is 12.0. The van der Waals surface area contributed by atoms with E-state index in [4.69, 9.17) is 17.0 Å². The third-order valence-electron chi connectivity index (χ3n) is 3.99. The van der Waals surface area contributed by atoms with E-state index in [0.29, 0.717) is 15.0 Å². The van der Waals surface area contributed by atoms with Gasteiger partial charge in [0, 0.05) is 0 Å². The molecule has 1 N–H and O–H groups in total. The topological polar surface area (TPSA) is 49.8 Å². The molecule has 4 nitrogen and oxygen atoms in total. The van der Waals surface area contributed by atoms with E-state index in [0.717, 1.165) is 11.1 Å². The monoisotopic (exact) mass is 371 g/mol. The van der Waals surface area contributed by atoms with Gasteiger partial charge in [-0.05, 0) is 36.3 Å². The zero-order valence-electron chi connectivity index (χ0n) is 13.8. The van der Waals surface area contributed by atoms with Gasteiger partial charge in [0.05, 0.1) is 18.1 Å². The molecule has 1 aliphatic heterocycles. The van der Waals surface area contributed by atoms with E-state index in [9.17, 15) is 9.90 Å². The summed E-state index contributed by atoms with van der Waals surface area (Å²) in [5.41, 5.74) is 1.80. The molecule has 1 heterocycles. The lowest BCUT2D eigenvalue weighted by atomic mass is 10.1. The fourth-order valence-electron chi connectivity index (χ4n) is 2.63. The van der Waals surface area contributed by atoms with E-state index in [1.807, 2.05) is 37.3 Å². The fourth-order valence-corrected chi connectivity index (χ4v) is 4.05. The minimum Gasteiger partial charge on any atom is -0.504 e. The van der Waals surface area contributed by atoms with E-state index < -0.39 is 0 Å². The molecule has 25 heavy (non-hydrogen) atoms. The molecule has 6 heteroatoms.